The first kappa shape index (κ1) is 21.7. The normalized spacial score (nSPS) is 12.0. The number of hydrogen-bond donors (Lipinski definition) is 1. The average molecular weight is 412 g/mol. The van der Waals surface area contributed by atoms with Gasteiger partial charge in [0.1, 0.15) is 11.4 Å². The third-order valence-corrected chi connectivity index (χ3v) is 3.76. The number of rotatable bonds is 6. The molecule has 1 amide bonds. The number of nitrogens with zero attached hydrogens (tertiary/aromatic N) is 1. The summed E-state index contributed by atoms with van der Waals surface area (Å²) in [4.78, 5) is 34.6. The highest BCUT2D eigenvalue weighted by atomic mass is 19.4. The van der Waals surface area contributed by atoms with Crippen LogP contribution in [-0.2, 0) is 15.7 Å². The van der Waals surface area contributed by atoms with E-state index in [-0.39, 0.29) is 17.0 Å². The van der Waals surface area contributed by atoms with Gasteiger partial charge in [0.05, 0.1) is 29.2 Å². The molecule has 0 saturated carbocycles. The van der Waals surface area contributed by atoms with E-state index in [1.807, 2.05) is 0 Å². The zero-order valence-electron chi connectivity index (χ0n) is 15.1. The summed E-state index contributed by atoms with van der Waals surface area (Å²) in [5, 5.41) is 13.4. The number of nitrogens with one attached hydrogen (secondary N) is 1. The summed E-state index contributed by atoms with van der Waals surface area (Å²) >= 11 is 0. The molecule has 8 nitrogen and oxygen atoms in total. The quantitative estimate of drug-likeness (QED) is 0.439. The minimum atomic E-state index is -4.55. The summed E-state index contributed by atoms with van der Waals surface area (Å²) in [6, 6.07) is 7.01. The predicted octanol–water partition coefficient (Wildman–Crippen LogP) is 3.81. The van der Waals surface area contributed by atoms with Gasteiger partial charge in [-0.1, -0.05) is 0 Å². The lowest BCUT2D eigenvalue weighted by Crippen LogP contribution is -2.30. The van der Waals surface area contributed by atoms with E-state index in [1.54, 1.807) is 0 Å². The van der Waals surface area contributed by atoms with Crippen LogP contribution in [0.4, 0.5) is 24.5 Å². The van der Waals surface area contributed by atoms with Crippen LogP contribution < -0.4 is 10.1 Å². The van der Waals surface area contributed by atoms with Crippen LogP contribution in [0, 0.1) is 10.1 Å². The SMILES string of the molecule is COc1ccc(NC(=O)C(C)OC(=O)c2ccc(C(F)(F)F)cc2)c([N+](=O)[O-])c1. The maximum Gasteiger partial charge on any atom is 0.416 e. The molecule has 0 heterocycles. The molecule has 0 saturated heterocycles. The Morgan fingerprint density at radius 1 is 1.14 bits per heavy atom. The highest BCUT2D eigenvalue weighted by Crippen LogP contribution is 2.30. The Kier molecular flexibility index (Phi) is 6.42. The number of amides is 1. The molecule has 2 rings (SSSR count). The van der Waals surface area contributed by atoms with E-state index >= 15 is 0 Å². The van der Waals surface area contributed by atoms with Crippen LogP contribution in [0.1, 0.15) is 22.8 Å². The highest BCUT2D eigenvalue weighted by molar-refractivity contribution is 5.98. The van der Waals surface area contributed by atoms with Gasteiger partial charge in [-0.2, -0.15) is 13.2 Å². The summed E-state index contributed by atoms with van der Waals surface area (Å²) < 4.78 is 47.5. The number of benzene rings is 2. The lowest BCUT2D eigenvalue weighted by molar-refractivity contribution is -0.384. The molecular weight excluding hydrogens is 397 g/mol. The zero-order chi connectivity index (χ0) is 21.8. The summed E-state index contributed by atoms with van der Waals surface area (Å²) in [6.45, 7) is 1.21. The van der Waals surface area contributed by atoms with Gasteiger partial charge in [-0.25, -0.2) is 4.79 Å². The van der Waals surface area contributed by atoms with Crippen LogP contribution in [0.5, 0.6) is 5.75 Å². The van der Waals surface area contributed by atoms with Gasteiger partial charge in [0.2, 0.25) is 0 Å². The van der Waals surface area contributed by atoms with E-state index < -0.39 is 40.3 Å². The first-order chi connectivity index (χ1) is 13.5. The number of carbonyl (C=O) groups is 2. The number of alkyl halides is 3. The molecule has 1 N–H and O–H groups in total. The molecular formula is C18H15F3N2O6. The summed E-state index contributed by atoms with van der Waals surface area (Å²) in [7, 11) is 1.32. The van der Waals surface area contributed by atoms with E-state index in [0.29, 0.717) is 12.1 Å². The molecule has 0 bridgehead atoms. The van der Waals surface area contributed by atoms with Gasteiger partial charge in [0.15, 0.2) is 6.10 Å². The minimum absolute atomic E-state index is 0.141. The van der Waals surface area contributed by atoms with Crippen LogP contribution >= 0.6 is 0 Å². The van der Waals surface area contributed by atoms with Crippen LogP contribution in [0.25, 0.3) is 0 Å². The Balaban J connectivity index is 2.07. The highest BCUT2D eigenvalue weighted by Gasteiger charge is 2.30. The van der Waals surface area contributed by atoms with E-state index in [1.165, 1.54) is 26.2 Å². The Morgan fingerprint density at radius 3 is 2.28 bits per heavy atom. The summed E-state index contributed by atoms with van der Waals surface area (Å²) in [5.74, 6) is -1.68. The standard InChI is InChI=1S/C18H15F3N2O6/c1-10(29-17(25)11-3-5-12(6-4-11)18(19,20)21)16(24)22-14-8-7-13(28-2)9-15(14)23(26)27/h3-10H,1-2H3,(H,22,24). The van der Waals surface area contributed by atoms with Gasteiger partial charge in [0, 0.05) is 0 Å². The molecule has 0 aromatic heterocycles. The third kappa shape index (κ3) is 5.43. The Hall–Kier alpha value is -3.63. The van der Waals surface area contributed by atoms with Gasteiger partial charge in [-0.05, 0) is 43.3 Å². The van der Waals surface area contributed by atoms with Crippen molar-refractivity contribution in [3.8, 4) is 5.75 Å². The maximum absolute atomic E-state index is 12.6. The van der Waals surface area contributed by atoms with Gasteiger partial charge in [-0.3, -0.25) is 14.9 Å². The van der Waals surface area contributed by atoms with E-state index in [9.17, 15) is 32.9 Å². The zero-order valence-corrected chi connectivity index (χ0v) is 15.1. The first-order valence-corrected chi connectivity index (χ1v) is 8.04. The van der Waals surface area contributed by atoms with Crippen LogP contribution in [0.2, 0.25) is 0 Å². The van der Waals surface area contributed by atoms with E-state index in [4.69, 9.17) is 9.47 Å². The van der Waals surface area contributed by atoms with Crippen LogP contribution in [0.15, 0.2) is 42.5 Å². The molecule has 0 aliphatic heterocycles. The van der Waals surface area contributed by atoms with Crippen LogP contribution in [0.3, 0.4) is 0 Å². The summed E-state index contributed by atoms with van der Waals surface area (Å²) in [6.07, 6.45) is -5.92. The fraction of sp³-hybridized carbons (Fsp3) is 0.222. The fourth-order valence-electron chi connectivity index (χ4n) is 2.21. The second kappa shape index (κ2) is 8.59. The Morgan fingerprint density at radius 2 is 1.76 bits per heavy atom. The van der Waals surface area contributed by atoms with Crippen molar-refractivity contribution < 1.29 is 37.2 Å². The second-order valence-corrected chi connectivity index (χ2v) is 5.75. The predicted molar refractivity (Wildman–Crippen MR) is 94.6 cm³/mol. The van der Waals surface area contributed by atoms with Gasteiger partial charge < -0.3 is 14.8 Å². The monoisotopic (exact) mass is 412 g/mol. The molecule has 0 aliphatic rings. The molecule has 0 fully saturated rings. The second-order valence-electron chi connectivity index (χ2n) is 5.75. The Labute approximate surface area is 162 Å². The van der Waals surface area contributed by atoms with Crippen molar-refractivity contribution in [2.24, 2.45) is 0 Å². The first-order valence-electron chi connectivity index (χ1n) is 8.04. The van der Waals surface area contributed by atoms with Gasteiger partial charge in [0.25, 0.3) is 11.6 Å². The largest absolute Gasteiger partial charge is 0.496 e. The van der Waals surface area contributed by atoms with Crippen molar-refractivity contribution in [2.45, 2.75) is 19.2 Å². The van der Waals surface area contributed by atoms with Gasteiger partial charge >= 0.3 is 12.1 Å². The molecule has 0 spiro atoms. The van der Waals surface area contributed by atoms with E-state index in [0.717, 1.165) is 18.2 Å². The van der Waals surface area contributed by atoms with Crippen molar-refractivity contribution in [2.75, 3.05) is 12.4 Å². The molecule has 2 aromatic carbocycles. The smallest absolute Gasteiger partial charge is 0.416 e. The lowest BCUT2D eigenvalue weighted by Gasteiger charge is -2.14. The number of halogens is 3. The number of nitro groups is 1. The molecule has 29 heavy (non-hydrogen) atoms. The molecule has 0 radical (unpaired) electrons. The number of methoxy groups -OCH3 is 1. The number of anilines is 1. The fourth-order valence-corrected chi connectivity index (χ4v) is 2.21. The van der Waals surface area contributed by atoms with Gasteiger partial charge in [-0.15, -0.1) is 0 Å². The Bertz CT molecular complexity index is 928. The van der Waals surface area contributed by atoms with Crippen molar-refractivity contribution in [1.29, 1.82) is 0 Å². The summed E-state index contributed by atoms with van der Waals surface area (Å²) in [5.41, 5.74) is -1.70. The van der Waals surface area contributed by atoms with Crippen molar-refractivity contribution >= 4 is 23.3 Å². The molecule has 2 aromatic rings. The van der Waals surface area contributed by atoms with Crippen LogP contribution in [-0.4, -0.2) is 30.0 Å². The average Bonchev–Trinajstić information content (AvgIpc) is 2.67. The number of esters is 1. The number of hydrogen-bond acceptors (Lipinski definition) is 6. The number of nitro benzene ring substituents is 1. The van der Waals surface area contributed by atoms with Crippen molar-refractivity contribution in [1.82, 2.24) is 0 Å². The maximum atomic E-state index is 12.6. The number of carbonyl (C=O) groups excluding carboxylic acids is 2. The molecule has 1 unspecified atom stereocenters. The number of ether oxygens (including phenoxy) is 2. The molecule has 0 aliphatic carbocycles. The van der Waals surface area contributed by atoms with Crippen molar-refractivity contribution in [3.05, 3.63) is 63.7 Å². The molecule has 154 valence electrons. The topological polar surface area (TPSA) is 108 Å². The molecule has 1 atom stereocenters. The lowest BCUT2D eigenvalue weighted by atomic mass is 10.1. The molecule has 11 heteroatoms. The van der Waals surface area contributed by atoms with Crippen molar-refractivity contribution in [3.63, 3.8) is 0 Å². The third-order valence-electron chi connectivity index (χ3n) is 3.76. The van der Waals surface area contributed by atoms with E-state index in [2.05, 4.69) is 5.32 Å². The minimum Gasteiger partial charge on any atom is -0.496 e.